The average Bonchev–Trinajstić information content (AvgIpc) is 2.86. The molecule has 0 amide bonds. The Kier molecular flexibility index (Phi) is 9.16. The molecule has 0 aromatic heterocycles. The van der Waals surface area contributed by atoms with E-state index in [2.05, 4.69) is 23.2 Å². The molecule has 0 heterocycles. The molecule has 0 radical (unpaired) electrons. The zero-order chi connectivity index (χ0) is 23.3. The number of azo groups is 1. The molecule has 0 aliphatic heterocycles. The molecule has 33 heavy (non-hydrogen) atoms. The van der Waals surface area contributed by atoms with Crippen molar-refractivity contribution in [3.05, 3.63) is 83.9 Å². The van der Waals surface area contributed by atoms with Crippen LogP contribution in [0, 0.1) is 11.3 Å². The van der Waals surface area contributed by atoms with Gasteiger partial charge in [-0.15, -0.1) is 0 Å². The van der Waals surface area contributed by atoms with Crippen LogP contribution >= 0.6 is 0 Å². The first-order valence-corrected chi connectivity index (χ1v) is 11.1. The summed E-state index contributed by atoms with van der Waals surface area (Å²) >= 11 is 0. The Morgan fingerprint density at radius 3 is 1.97 bits per heavy atom. The zero-order valence-electron chi connectivity index (χ0n) is 18.7. The number of nitrogens with zero attached hydrogens (tertiary/aromatic N) is 3. The molecule has 0 saturated heterocycles. The van der Waals surface area contributed by atoms with Crippen LogP contribution in [0.15, 0.2) is 83.0 Å². The molecule has 0 unspecified atom stereocenters. The molecule has 0 spiro atoms. The van der Waals surface area contributed by atoms with Gasteiger partial charge in [-0.1, -0.05) is 32.6 Å². The molecule has 0 saturated carbocycles. The van der Waals surface area contributed by atoms with Gasteiger partial charge < -0.3 is 9.47 Å². The summed E-state index contributed by atoms with van der Waals surface area (Å²) < 4.78 is 11.2. The molecule has 168 valence electrons. The number of hydrogen-bond acceptors (Lipinski definition) is 6. The van der Waals surface area contributed by atoms with Crippen molar-refractivity contribution in [1.29, 1.82) is 5.26 Å². The van der Waals surface area contributed by atoms with Crippen LogP contribution in [0.25, 0.3) is 0 Å². The van der Waals surface area contributed by atoms with Crippen molar-refractivity contribution >= 4 is 17.3 Å². The number of nitriles is 1. The van der Waals surface area contributed by atoms with Gasteiger partial charge in [0.25, 0.3) is 0 Å². The highest BCUT2D eigenvalue weighted by atomic mass is 16.5. The van der Waals surface area contributed by atoms with Crippen LogP contribution in [0.3, 0.4) is 0 Å². The fourth-order valence-electron chi connectivity index (χ4n) is 3.05. The van der Waals surface area contributed by atoms with E-state index in [1.807, 2.05) is 0 Å². The van der Waals surface area contributed by atoms with E-state index >= 15 is 0 Å². The van der Waals surface area contributed by atoms with Crippen molar-refractivity contribution in [2.24, 2.45) is 10.2 Å². The van der Waals surface area contributed by atoms with Gasteiger partial charge in [-0.3, -0.25) is 0 Å². The molecule has 6 nitrogen and oxygen atoms in total. The summed E-state index contributed by atoms with van der Waals surface area (Å²) in [5.41, 5.74) is 2.29. The summed E-state index contributed by atoms with van der Waals surface area (Å²) in [4.78, 5) is 12.4. The number of benzene rings is 3. The molecular formula is C27H27N3O3. The van der Waals surface area contributed by atoms with E-state index in [0.717, 1.165) is 12.2 Å². The number of carbonyl (C=O) groups excluding carboxylic acids is 1. The van der Waals surface area contributed by atoms with Crippen molar-refractivity contribution in [2.45, 2.75) is 39.0 Å². The fraction of sp³-hybridized carbons (Fsp3) is 0.259. The number of carbonyl (C=O) groups is 1. The summed E-state index contributed by atoms with van der Waals surface area (Å²) in [5.74, 6) is 0.733. The average molecular weight is 442 g/mol. The Balaban J connectivity index is 1.47. The SMILES string of the molecule is CCCCCCCOc1ccc(C(=O)Oc2ccc(N=Nc3ccc(C#N)cc3)cc2)cc1. The fourth-order valence-corrected chi connectivity index (χ4v) is 3.05. The van der Waals surface area contributed by atoms with Gasteiger partial charge in [0.15, 0.2) is 0 Å². The highest BCUT2D eigenvalue weighted by Crippen LogP contribution is 2.22. The topological polar surface area (TPSA) is 84.0 Å². The third-order valence-electron chi connectivity index (χ3n) is 4.93. The van der Waals surface area contributed by atoms with E-state index in [0.29, 0.717) is 34.9 Å². The van der Waals surface area contributed by atoms with Gasteiger partial charge in [-0.05, 0) is 79.2 Å². The lowest BCUT2D eigenvalue weighted by molar-refractivity contribution is 0.0734. The van der Waals surface area contributed by atoms with Gasteiger partial charge in [0.1, 0.15) is 11.5 Å². The first-order valence-electron chi connectivity index (χ1n) is 11.1. The van der Waals surface area contributed by atoms with Crippen LogP contribution in [0.2, 0.25) is 0 Å². The van der Waals surface area contributed by atoms with Crippen LogP contribution in [0.4, 0.5) is 11.4 Å². The van der Waals surface area contributed by atoms with Crippen molar-refractivity contribution in [3.63, 3.8) is 0 Å². The van der Waals surface area contributed by atoms with E-state index in [9.17, 15) is 4.79 Å². The maximum absolute atomic E-state index is 12.4. The molecule has 0 atom stereocenters. The van der Waals surface area contributed by atoms with E-state index in [-0.39, 0.29) is 0 Å². The van der Waals surface area contributed by atoms with Crippen LogP contribution in [0.5, 0.6) is 11.5 Å². The van der Waals surface area contributed by atoms with Gasteiger partial charge in [-0.2, -0.15) is 15.5 Å². The smallest absolute Gasteiger partial charge is 0.343 e. The highest BCUT2D eigenvalue weighted by molar-refractivity contribution is 5.91. The van der Waals surface area contributed by atoms with Crippen LogP contribution in [-0.2, 0) is 0 Å². The summed E-state index contributed by atoms with van der Waals surface area (Å²) in [6.45, 7) is 2.88. The lowest BCUT2D eigenvalue weighted by atomic mass is 10.2. The second kappa shape index (κ2) is 12.8. The van der Waals surface area contributed by atoms with Gasteiger partial charge in [0, 0.05) is 0 Å². The van der Waals surface area contributed by atoms with Crippen LogP contribution < -0.4 is 9.47 Å². The van der Waals surface area contributed by atoms with Crippen molar-refractivity contribution in [1.82, 2.24) is 0 Å². The van der Waals surface area contributed by atoms with E-state index in [1.54, 1.807) is 72.8 Å². The predicted octanol–water partition coefficient (Wildman–Crippen LogP) is 7.54. The molecule has 0 N–H and O–H groups in total. The zero-order valence-corrected chi connectivity index (χ0v) is 18.7. The molecule has 3 aromatic carbocycles. The predicted molar refractivity (Wildman–Crippen MR) is 127 cm³/mol. The second-order valence-corrected chi connectivity index (χ2v) is 7.53. The third kappa shape index (κ3) is 7.89. The van der Waals surface area contributed by atoms with Gasteiger partial charge >= 0.3 is 5.97 Å². The molecule has 0 fully saturated rings. The van der Waals surface area contributed by atoms with E-state index in [1.165, 1.54) is 25.7 Å². The third-order valence-corrected chi connectivity index (χ3v) is 4.93. The normalized spacial score (nSPS) is 10.7. The van der Waals surface area contributed by atoms with E-state index in [4.69, 9.17) is 14.7 Å². The molecule has 3 rings (SSSR count). The molecule has 0 bridgehead atoms. The van der Waals surface area contributed by atoms with Crippen LogP contribution in [0.1, 0.15) is 54.9 Å². The number of hydrogen-bond donors (Lipinski definition) is 0. The summed E-state index contributed by atoms with van der Waals surface area (Å²) in [7, 11) is 0. The Morgan fingerprint density at radius 1 is 0.788 bits per heavy atom. The Hall–Kier alpha value is -3.98. The van der Waals surface area contributed by atoms with Gasteiger partial charge in [0.05, 0.1) is 35.2 Å². The standard InChI is InChI=1S/C27H27N3O3/c1-2-3-4-5-6-19-32-25-15-9-22(10-16-25)27(31)33-26-17-13-24(14-18-26)30-29-23-11-7-21(20-28)8-12-23/h7-18H,2-6,19H2,1H3. The van der Waals surface area contributed by atoms with Crippen LogP contribution in [-0.4, -0.2) is 12.6 Å². The van der Waals surface area contributed by atoms with E-state index < -0.39 is 5.97 Å². The Bertz CT molecular complexity index is 1080. The van der Waals surface area contributed by atoms with Crippen molar-refractivity contribution in [2.75, 3.05) is 6.61 Å². The number of rotatable bonds is 11. The summed E-state index contributed by atoms with van der Waals surface area (Å²) in [5, 5.41) is 17.1. The first kappa shape index (κ1) is 23.7. The van der Waals surface area contributed by atoms with Crippen molar-refractivity contribution < 1.29 is 14.3 Å². The van der Waals surface area contributed by atoms with Gasteiger partial charge in [-0.25, -0.2) is 4.79 Å². The maximum Gasteiger partial charge on any atom is 0.343 e. The minimum absolute atomic E-state index is 0.421. The quantitative estimate of drug-likeness (QED) is 0.133. The Morgan fingerprint density at radius 2 is 1.36 bits per heavy atom. The largest absolute Gasteiger partial charge is 0.494 e. The minimum atomic E-state index is -0.437. The van der Waals surface area contributed by atoms with Crippen molar-refractivity contribution in [3.8, 4) is 17.6 Å². The second-order valence-electron chi connectivity index (χ2n) is 7.53. The molecular weight excluding hydrogens is 414 g/mol. The molecule has 6 heteroatoms. The first-order chi connectivity index (χ1) is 16.2. The maximum atomic E-state index is 12.4. The number of esters is 1. The lowest BCUT2D eigenvalue weighted by Crippen LogP contribution is -2.08. The lowest BCUT2D eigenvalue weighted by Gasteiger charge is -2.08. The highest BCUT2D eigenvalue weighted by Gasteiger charge is 2.09. The summed E-state index contributed by atoms with van der Waals surface area (Å²) in [6, 6.07) is 22.6. The molecule has 3 aromatic rings. The summed E-state index contributed by atoms with van der Waals surface area (Å²) in [6.07, 6.45) is 5.95. The number of ether oxygens (including phenoxy) is 2. The molecule has 0 aliphatic carbocycles. The molecule has 0 aliphatic rings. The number of unbranched alkanes of at least 4 members (excludes halogenated alkanes) is 4. The monoisotopic (exact) mass is 441 g/mol. The minimum Gasteiger partial charge on any atom is -0.494 e. The van der Waals surface area contributed by atoms with Gasteiger partial charge in [0.2, 0.25) is 0 Å². The Labute approximate surface area is 194 Å².